The molecule has 3 unspecified atom stereocenters. The Morgan fingerprint density at radius 2 is 0.481 bits per heavy atom. The van der Waals surface area contributed by atoms with Crippen molar-refractivity contribution in [3.05, 3.63) is 0 Å². The van der Waals surface area contributed by atoms with Crippen molar-refractivity contribution in [3.8, 4) is 0 Å². The average molecular weight is 1550 g/mol. The van der Waals surface area contributed by atoms with E-state index in [0.717, 1.165) is 108 Å². The number of phosphoric acid groups is 2. The van der Waals surface area contributed by atoms with Crippen LogP contribution in [0.15, 0.2) is 0 Å². The molecule has 0 aromatic heterocycles. The molecule has 19 heteroatoms. The summed E-state index contributed by atoms with van der Waals surface area (Å²) >= 11 is 0. The number of hydrogen-bond donors (Lipinski definition) is 3. The fraction of sp³-hybridized carbons (Fsp3) is 0.954. The molecule has 0 aliphatic heterocycles. The van der Waals surface area contributed by atoms with E-state index in [1.165, 1.54) is 270 Å². The van der Waals surface area contributed by atoms with Gasteiger partial charge in [0.2, 0.25) is 0 Å². The quantitative estimate of drug-likeness (QED) is 0.0222. The van der Waals surface area contributed by atoms with E-state index in [1.54, 1.807) is 0 Å². The molecule has 0 bridgehead atoms. The van der Waals surface area contributed by atoms with Gasteiger partial charge in [-0.3, -0.25) is 37.3 Å². The van der Waals surface area contributed by atoms with E-state index in [9.17, 15) is 43.2 Å². The van der Waals surface area contributed by atoms with Crippen LogP contribution in [-0.2, 0) is 65.4 Å². The van der Waals surface area contributed by atoms with Crippen LogP contribution in [0.1, 0.15) is 459 Å². The van der Waals surface area contributed by atoms with E-state index in [-0.39, 0.29) is 25.7 Å². The van der Waals surface area contributed by atoms with Crippen molar-refractivity contribution in [1.82, 2.24) is 0 Å². The molecule has 106 heavy (non-hydrogen) atoms. The number of phosphoric ester groups is 2. The molecule has 0 fully saturated rings. The minimum atomic E-state index is -4.97. The second kappa shape index (κ2) is 77.0. The second-order valence-corrected chi connectivity index (χ2v) is 35.4. The maximum absolute atomic E-state index is 13.2. The number of hydrogen-bond acceptors (Lipinski definition) is 15. The first-order chi connectivity index (χ1) is 51.3. The first-order valence-corrected chi connectivity index (χ1v) is 47.9. The highest BCUT2D eigenvalue weighted by Crippen LogP contribution is 2.45. The second-order valence-electron chi connectivity index (χ2n) is 32.5. The first kappa shape index (κ1) is 104. The highest BCUT2D eigenvalue weighted by molar-refractivity contribution is 7.47. The predicted octanol–water partition coefficient (Wildman–Crippen LogP) is 26.5. The van der Waals surface area contributed by atoms with Crippen LogP contribution in [0.25, 0.3) is 0 Å². The van der Waals surface area contributed by atoms with Gasteiger partial charge in [0.15, 0.2) is 12.2 Å². The molecule has 0 aromatic rings. The van der Waals surface area contributed by atoms with Crippen molar-refractivity contribution >= 4 is 39.5 Å². The lowest BCUT2D eigenvalue weighted by atomic mass is 9.99. The molecule has 6 atom stereocenters. The summed E-state index contributed by atoms with van der Waals surface area (Å²) in [7, 11) is -9.93. The van der Waals surface area contributed by atoms with Gasteiger partial charge in [-0.1, -0.05) is 408 Å². The van der Waals surface area contributed by atoms with Gasteiger partial charge in [0.1, 0.15) is 19.3 Å². The van der Waals surface area contributed by atoms with Gasteiger partial charge in [-0.15, -0.1) is 0 Å². The number of ether oxygens (including phenoxy) is 4. The maximum Gasteiger partial charge on any atom is 0.472 e. The summed E-state index contributed by atoms with van der Waals surface area (Å²) in [5.74, 6) is 0.301. The lowest BCUT2D eigenvalue weighted by molar-refractivity contribution is -0.161. The van der Waals surface area contributed by atoms with Gasteiger partial charge in [-0.05, 0) is 43.4 Å². The Balaban J connectivity index is 5.24. The van der Waals surface area contributed by atoms with Crippen LogP contribution in [-0.4, -0.2) is 96.7 Å². The zero-order valence-corrected chi connectivity index (χ0v) is 71.7. The standard InChI is InChI=1S/C87H170O17P2/c1-8-10-11-12-13-14-15-16-22-30-35-40-49-56-63-70-87(92)104-83(75-98-85(90)69-62-55-48-43-42-45-52-59-66-79(5)6)77-102-106(95,96)100-73-81(88)72-99-105(93,94)101-76-82(74-97-84(89)68-61-54-47-39-34-29-26-21-23-27-32-37-44-51-58-65-78(3)4)103-86(91)71-64-57-50-41-36-31-25-20-18-17-19-24-28-33-38-46-53-60-67-80(7)9-2/h78-83,88H,8-77H2,1-7H3,(H,93,94)(H,95,96)/t80?,81-,82-,83-/m1/s1. The topological polar surface area (TPSA) is 237 Å². The number of esters is 4. The SMILES string of the molecule is CCCCCCCCCCCCCCCCCC(=O)O[C@H](COC(=O)CCCCCCCCCCC(C)C)COP(=O)(O)OC[C@H](O)COP(=O)(O)OC[C@@H](COC(=O)CCCCCCCCCCCCCCCCCC(C)C)OC(=O)CCCCCCCCCCCCCCCCCCCCC(C)CC. The van der Waals surface area contributed by atoms with Gasteiger partial charge in [0, 0.05) is 25.7 Å². The summed E-state index contributed by atoms with van der Waals surface area (Å²) in [6, 6.07) is 0. The summed E-state index contributed by atoms with van der Waals surface area (Å²) in [6.07, 6.45) is 68.0. The van der Waals surface area contributed by atoms with Crippen molar-refractivity contribution in [2.45, 2.75) is 478 Å². The molecule has 0 saturated heterocycles. The highest BCUT2D eigenvalue weighted by atomic mass is 31.2. The molecule has 0 radical (unpaired) electrons. The van der Waals surface area contributed by atoms with Crippen molar-refractivity contribution in [2.24, 2.45) is 17.8 Å². The minimum absolute atomic E-state index is 0.108. The van der Waals surface area contributed by atoms with Gasteiger partial charge in [-0.2, -0.15) is 0 Å². The van der Waals surface area contributed by atoms with Crippen LogP contribution in [0.3, 0.4) is 0 Å². The molecule has 0 spiro atoms. The molecule has 3 N–H and O–H groups in total. The summed E-state index contributed by atoms with van der Waals surface area (Å²) in [5.41, 5.74) is 0. The van der Waals surface area contributed by atoms with E-state index in [2.05, 4.69) is 48.5 Å². The van der Waals surface area contributed by atoms with Crippen LogP contribution in [0.5, 0.6) is 0 Å². The maximum atomic E-state index is 13.2. The number of carbonyl (C=O) groups is 4. The predicted molar refractivity (Wildman–Crippen MR) is 437 cm³/mol. The average Bonchev–Trinajstić information content (AvgIpc) is 0.903. The molecule has 0 aliphatic carbocycles. The van der Waals surface area contributed by atoms with Gasteiger partial charge in [-0.25, -0.2) is 9.13 Å². The molecular weight excluding hydrogens is 1380 g/mol. The fourth-order valence-corrected chi connectivity index (χ4v) is 15.1. The lowest BCUT2D eigenvalue weighted by Crippen LogP contribution is -2.30. The number of carbonyl (C=O) groups excluding carboxylic acids is 4. The molecule has 0 amide bonds. The third-order valence-corrected chi connectivity index (χ3v) is 22.6. The number of rotatable bonds is 85. The Kier molecular flexibility index (Phi) is 75.6. The van der Waals surface area contributed by atoms with Crippen molar-refractivity contribution in [3.63, 3.8) is 0 Å². The summed E-state index contributed by atoms with van der Waals surface area (Å²) in [6.45, 7) is 12.0. The number of aliphatic hydroxyl groups is 1. The Morgan fingerprint density at radius 1 is 0.274 bits per heavy atom. The van der Waals surface area contributed by atoms with E-state index in [0.29, 0.717) is 25.7 Å². The van der Waals surface area contributed by atoms with Crippen molar-refractivity contribution < 1.29 is 80.2 Å². The molecule has 0 heterocycles. The smallest absolute Gasteiger partial charge is 0.462 e. The number of aliphatic hydroxyl groups excluding tert-OH is 1. The minimum Gasteiger partial charge on any atom is -0.462 e. The molecule has 0 rings (SSSR count). The molecule has 0 aliphatic rings. The summed E-state index contributed by atoms with van der Waals surface area (Å²) in [5, 5.41) is 10.7. The van der Waals surface area contributed by atoms with Gasteiger partial charge in [0.05, 0.1) is 26.4 Å². The van der Waals surface area contributed by atoms with Crippen molar-refractivity contribution in [2.75, 3.05) is 39.6 Å². The van der Waals surface area contributed by atoms with Gasteiger partial charge < -0.3 is 33.8 Å². The summed E-state index contributed by atoms with van der Waals surface area (Å²) in [4.78, 5) is 73.3. The fourth-order valence-electron chi connectivity index (χ4n) is 13.5. The van der Waals surface area contributed by atoms with Crippen LogP contribution in [0.2, 0.25) is 0 Å². The molecule has 0 saturated carbocycles. The Morgan fingerprint density at radius 3 is 0.717 bits per heavy atom. The largest absolute Gasteiger partial charge is 0.472 e. The van der Waals surface area contributed by atoms with E-state index in [1.807, 2.05) is 0 Å². The van der Waals surface area contributed by atoms with Gasteiger partial charge >= 0.3 is 39.5 Å². The van der Waals surface area contributed by atoms with Crippen molar-refractivity contribution in [1.29, 1.82) is 0 Å². The zero-order valence-electron chi connectivity index (χ0n) is 69.9. The monoisotopic (exact) mass is 1550 g/mol. The van der Waals surface area contributed by atoms with Crippen LogP contribution in [0, 0.1) is 17.8 Å². The molecule has 17 nitrogen and oxygen atoms in total. The number of unbranched alkanes of at least 4 members (excludes halogenated alkanes) is 52. The normalized spacial score (nSPS) is 14.1. The third-order valence-electron chi connectivity index (χ3n) is 20.7. The lowest BCUT2D eigenvalue weighted by Gasteiger charge is -2.21. The van der Waals surface area contributed by atoms with E-state index < -0.39 is 97.5 Å². The Hall–Kier alpha value is -1.94. The first-order valence-electron chi connectivity index (χ1n) is 44.9. The van der Waals surface area contributed by atoms with E-state index >= 15 is 0 Å². The van der Waals surface area contributed by atoms with Crippen LogP contribution in [0.4, 0.5) is 0 Å². The molecule has 0 aromatic carbocycles. The Labute approximate surface area is 651 Å². The molecule has 630 valence electrons. The van der Waals surface area contributed by atoms with Gasteiger partial charge in [0.25, 0.3) is 0 Å². The van der Waals surface area contributed by atoms with Crippen LogP contribution >= 0.6 is 15.6 Å². The third kappa shape index (κ3) is 78.7. The highest BCUT2D eigenvalue weighted by Gasteiger charge is 2.31. The zero-order chi connectivity index (χ0) is 77.9. The Bertz CT molecular complexity index is 2050. The summed E-state index contributed by atoms with van der Waals surface area (Å²) < 4.78 is 68.9. The van der Waals surface area contributed by atoms with E-state index in [4.69, 9.17) is 37.0 Å². The van der Waals surface area contributed by atoms with Crippen LogP contribution < -0.4 is 0 Å². The molecular formula is C87H170O17P2.